The van der Waals surface area contributed by atoms with Gasteiger partial charge in [0, 0.05) is 27.1 Å². The number of anilines is 1. The Bertz CT molecular complexity index is 1670. The van der Waals surface area contributed by atoms with Gasteiger partial charge >= 0.3 is 11.8 Å². The Morgan fingerprint density at radius 2 is 1.87 bits per heavy atom. The lowest BCUT2D eigenvalue weighted by atomic mass is 9.89. The number of amides is 2. The zero-order valence-corrected chi connectivity index (χ0v) is 28.9. The Kier molecular flexibility index (Phi) is 9.37. The number of rotatable bonds is 8. The van der Waals surface area contributed by atoms with Gasteiger partial charge in [0.1, 0.15) is 12.2 Å². The molecule has 2 aliphatic heterocycles. The molecule has 2 amide bonds. The van der Waals surface area contributed by atoms with Crippen LogP contribution in [0.25, 0.3) is 21.4 Å². The van der Waals surface area contributed by atoms with E-state index in [2.05, 4.69) is 72.0 Å². The van der Waals surface area contributed by atoms with Crippen LogP contribution < -0.4 is 5.32 Å². The summed E-state index contributed by atoms with van der Waals surface area (Å²) in [6.45, 7) is 12.9. The van der Waals surface area contributed by atoms with Crippen molar-refractivity contribution in [3.8, 4) is 0 Å². The van der Waals surface area contributed by atoms with Crippen LogP contribution in [0.3, 0.4) is 0 Å². The molecule has 0 bridgehead atoms. The molecule has 6 rings (SSSR count). The van der Waals surface area contributed by atoms with Crippen LogP contribution in [0.2, 0.25) is 25.7 Å². The number of hydrogen-bond donors (Lipinski definition) is 1. The topological polar surface area (TPSA) is 105 Å². The molecular weight excluding hydrogens is 603 g/mol. The summed E-state index contributed by atoms with van der Waals surface area (Å²) in [7, 11) is 1.01. The molecule has 2 saturated heterocycles. The number of thiazole rings is 1. The van der Waals surface area contributed by atoms with Crippen molar-refractivity contribution in [2.75, 3.05) is 38.6 Å². The molecule has 5 heterocycles. The lowest BCUT2D eigenvalue weighted by molar-refractivity contribution is -0.146. The SMILES string of the molecule is C[C@H]1CC[C@H](c2ccc3sc(C4CCN(C)CC4)nc3c2)N(C(=O)C(=O)Nc2cnc3c(c2)ncn3COCC[Si](C)(C)C)C1. The highest BCUT2D eigenvalue weighted by Crippen LogP contribution is 2.38. The molecule has 0 unspecified atom stereocenters. The van der Waals surface area contributed by atoms with E-state index < -0.39 is 19.9 Å². The van der Waals surface area contributed by atoms with Crippen molar-refractivity contribution in [1.82, 2.24) is 29.3 Å². The Morgan fingerprint density at radius 3 is 2.64 bits per heavy atom. The summed E-state index contributed by atoms with van der Waals surface area (Å²) in [5.41, 5.74) is 3.78. The van der Waals surface area contributed by atoms with Crippen LogP contribution in [0, 0.1) is 5.92 Å². The van der Waals surface area contributed by atoms with E-state index in [9.17, 15) is 9.59 Å². The number of piperidine rings is 2. The number of hydrogen-bond acceptors (Lipinski definition) is 8. The Labute approximate surface area is 270 Å². The molecule has 0 saturated carbocycles. The lowest BCUT2D eigenvalue weighted by Crippen LogP contribution is -2.46. The maximum absolute atomic E-state index is 13.7. The van der Waals surface area contributed by atoms with Gasteiger partial charge in [0.25, 0.3) is 0 Å². The van der Waals surface area contributed by atoms with Crippen molar-refractivity contribution < 1.29 is 14.3 Å². The second kappa shape index (κ2) is 13.3. The molecule has 10 nitrogen and oxygen atoms in total. The maximum Gasteiger partial charge on any atom is 0.313 e. The standard InChI is InChI=1S/C33H45N7O3SSi/c1-22-6-8-28(24-7-9-29-26(16-24)37-32(44-29)23-10-12-38(2)13-11-23)40(19-22)33(42)31(41)36-25-17-27-30(34-18-25)39(20-35-27)21-43-14-15-45(3,4)5/h7,9,16-18,20,22-23,28H,6,8,10-15,19,21H2,1-5H3,(H,36,41)/t22-,28+/m0/s1. The molecule has 12 heteroatoms. The van der Waals surface area contributed by atoms with Crippen LogP contribution in [0.1, 0.15) is 55.1 Å². The van der Waals surface area contributed by atoms with Gasteiger partial charge in [-0.1, -0.05) is 32.6 Å². The zero-order valence-electron chi connectivity index (χ0n) is 27.1. The third-order valence-electron chi connectivity index (χ3n) is 9.09. The van der Waals surface area contributed by atoms with E-state index in [4.69, 9.17) is 9.72 Å². The van der Waals surface area contributed by atoms with Crippen LogP contribution >= 0.6 is 11.3 Å². The van der Waals surface area contributed by atoms with Crippen LogP contribution in [0.15, 0.2) is 36.8 Å². The number of likely N-dealkylation sites (tertiary alicyclic amines) is 2. The quantitative estimate of drug-likeness (QED) is 0.140. The number of pyridine rings is 1. The highest BCUT2D eigenvalue weighted by Gasteiger charge is 2.35. The molecule has 2 fully saturated rings. The predicted molar refractivity (Wildman–Crippen MR) is 182 cm³/mol. The van der Waals surface area contributed by atoms with Crippen LogP contribution in [-0.2, 0) is 21.1 Å². The molecule has 3 aromatic heterocycles. The first-order valence-corrected chi connectivity index (χ1v) is 20.7. The van der Waals surface area contributed by atoms with Gasteiger partial charge < -0.3 is 19.9 Å². The van der Waals surface area contributed by atoms with Gasteiger partial charge in [0.15, 0.2) is 5.65 Å². The molecular formula is C33H45N7O3SSi. The molecule has 2 atom stereocenters. The number of carbonyl (C=O) groups excluding carboxylic acids is 2. The number of nitrogens with zero attached hydrogens (tertiary/aromatic N) is 6. The van der Waals surface area contributed by atoms with E-state index in [0.29, 0.717) is 48.6 Å². The number of fused-ring (bicyclic) bond motifs is 2. The van der Waals surface area contributed by atoms with E-state index in [1.807, 2.05) is 4.57 Å². The zero-order chi connectivity index (χ0) is 31.7. The summed E-state index contributed by atoms with van der Waals surface area (Å²) in [5.74, 6) is -0.371. The second-order valence-electron chi connectivity index (χ2n) is 14.1. The number of imidazole rings is 1. The molecule has 0 radical (unpaired) electrons. The first kappa shape index (κ1) is 31.8. The number of aromatic nitrogens is 4. The number of benzene rings is 1. The summed E-state index contributed by atoms with van der Waals surface area (Å²) >= 11 is 1.79. The largest absolute Gasteiger partial charge is 0.361 e. The Morgan fingerprint density at radius 1 is 1.07 bits per heavy atom. The molecule has 2 aliphatic rings. The third kappa shape index (κ3) is 7.45. The highest BCUT2D eigenvalue weighted by molar-refractivity contribution is 7.18. The molecule has 4 aromatic rings. The van der Waals surface area contributed by atoms with Crippen LogP contribution in [0.4, 0.5) is 5.69 Å². The average molecular weight is 648 g/mol. The van der Waals surface area contributed by atoms with E-state index in [-0.39, 0.29) is 6.04 Å². The smallest absolute Gasteiger partial charge is 0.313 e. The van der Waals surface area contributed by atoms with E-state index >= 15 is 0 Å². The molecule has 0 spiro atoms. The van der Waals surface area contributed by atoms with Gasteiger partial charge in [-0.25, -0.2) is 15.0 Å². The van der Waals surface area contributed by atoms with E-state index in [0.717, 1.165) is 55.9 Å². The average Bonchev–Trinajstić information content (AvgIpc) is 3.62. The van der Waals surface area contributed by atoms with Crippen molar-refractivity contribution in [2.45, 2.75) is 77.0 Å². The van der Waals surface area contributed by atoms with E-state index in [1.54, 1.807) is 34.8 Å². The van der Waals surface area contributed by atoms with Crippen LogP contribution in [0.5, 0.6) is 0 Å². The number of carbonyl (C=O) groups is 2. The minimum absolute atomic E-state index is 0.172. The normalized spacial score (nSPS) is 20.2. The minimum atomic E-state index is -1.16. The Balaban J connectivity index is 1.13. The number of nitrogens with one attached hydrogen (secondary N) is 1. The molecule has 1 N–H and O–H groups in total. The summed E-state index contributed by atoms with van der Waals surface area (Å²) in [6, 6.07) is 9.05. The first-order valence-electron chi connectivity index (χ1n) is 16.1. The van der Waals surface area contributed by atoms with Crippen molar-refractivity contribution in [1.29, 1.82) is 0 Å². The summed E-state index contributed by atoms with van der Waals surface area (Å²) in [5, 5.41) is 4.00. The monoisotopic (exact) mass is 647 g/mol. The summed E-state index contributed by atoms with van der Waals surface area (Å²) in [6.07, 6.45) is 7.35. The first-order chi connectivity index (χ1) is 21.5. The molecule has 0 aliphatic carbocycles. The van der Waals surface area contributed by atoms with Crippen molar-refractivity contribution in [3.63, 3.8) is 0 Å². The lowest BCUT2D eigenvalue weighted by Gasteiger charge is -2.38. The van der Waals surface area contributed by atoms with Gasteiger partial charge in [-0.05, 0) is 81.5 Å². The highest BCUT2D eigenvalue weighted by atomic mass is 32.1. The van der Waals surface area contributed by atoms with Gasteiger partial charge in [-0.15, -0.1) is 11.3 Å². The molecule has 240 valence electrons. The maximum atomic E-state index is 13.7. The fourth-order valence-corrected chi connectivity index (χ4v) is 8.16. The van der Waals surface area contributed by atoms with Crippen molar-refractivity contribution in [3.05, 3.63) is 47.4 Å². The van der Waals surface area contributed by atoms with Gasteiger partial charge in [-0.2, -0.15) is 0 Å². The van der Waals surface area contributed by atoms with E-state index in [1.165, 1.54) is 9.71 Å². The van der Waals surface area contributed by atoms with Crippen molar-refractivity contribution >= 4 is 58.3 Å². The summed E-state index contributed by atoms with van der Waals surface area (Å²) in [4.78, 5) is 45.1. The van der Waals surface area contributed by atoms with Gasteiger partial charge in [0.05, 0.1) is 39.5 Å². The van der Waals surface area contributed by atoms with Crippen molar-refractivity contribution in [2.24, 2.45) is 5.92 Å². The van der Waals surface area contributed by atoms with Gasteiger partial charge in [-0.3, -0.25) is 14.2 Å². The Hall–Kier alpha value is -3.19. The second-order valence-corrected chi connectivity index (χ2v) is 20.8. The fraction of sp³-hybridized carbons (Fsp3) is 0.545. The number of ether oxygens (including phenoxy) is 1. The van der Waals surface area contributed by atoms with Gasteiger partial charge in [0.2, 0.25) is 0 Å². The van der Waals surface area contributed by atoms with Crippen LogP contribution in [-0.4, -0.2) is 82.5 Å². The summed E-state index contributed by atoms with van der Waals surface area (Å²) < 4.78 is 8.89. The molecule has 1 aromatic carbocycles. The minimum Gasteiger partial charge on any atom is -0.361 e. The third-order valence-corrected chi connectivity index (χ3v) is 12.0. The fourth-order valence-electron chi connectivity index (χ4n) is 6.29. The predicted octanol–water partition coefficient (Wildman–Crippen LogP) is 6.10. The molecule has 45 heavy (non-hydrogen) atoms.